The second-order valence-electron chi connectivity index (χ2n) is 5.87. The van der Waals surface area contributed by atoms with Crippen molar-refractivity contribution >= 4 is 35.0 Å². The van der Waals surface area contributed by atoms with E-state index in [0.29, 0.717) is 42.6 Å². The zero-order valence-electron chi connectivity index (χ0n) is 12.6. The molecule has 0 aliphatic carbocycles. The first kappa shape index (κ1) is 16.7. The van der Waals surface area contributed by atoms with Gasteiger partial charge in [-0.3, -0.25) is 19.4 Å². The van der Waals surface area contributed by atoms with E-state index in [1.807, 2.05) is 12.1 Å². The average molecular weight is 357 g/mol. The predicted molar refractivity (Wildman–Crippen MR) is 87.4 cm³/mol. The van der Waals surface area contributed by atoms with Crippen molar-refractivity contribution in [3.05, 3.63) is 33.8 Å². The fraction of sp³-hybridized carbons (Fsp3) is 0.500. The third kappa shape index (κ3) is 4.04. The van der Waals surface area contributed by atoms with Gasteiger partial charge in [-0.25, -0.2) is 0 Å². The van der Waals surface area contributed by atoms with Gasteiger partial charge in [0.2, 0.25) is 11.8 Å². The van der Waals surface area contributed by atoms with Crippen LogP contribution in [0, 0.1) is 0 Å². The van der Waals surface area contributed by atoms with Gasteiger partial charge in [-0.1, -0.05) is 29.3 Å². The van der Waals surface area contributed by atoms with Crippen LogP contribution in [0.5, 0.6) is 0 Å². The molecule has 2 saturated heterocycles. The molecule has 2 amide bonds. The van der Waals surface area contributed by atoms with E-state index >= 15 is 0 Å². The molecule has 0 unspecified atom stereocenters. The van der Waals surface area contributed by atoms with Crippen LogP contribution in [0.1, 0.15) is 18.4 Å². The zero-order chi connectivity index (χ0) is 16.4. The Balaban J connectivity index is 1.58. The van der Waals surface area contributed by atoms with Gasteiger partial charge >= 0.3 is 0 Å². The minimum Gasteiger partial charge on any atom is -0.374 e. The second-order valence-corrected chi connectivity index (χ2v) is 6.69. The Hall–Kier alpha value is -1.14. The number of amides is 2. The van der Waals surface area contributed by atoms with Crippen molar-refractivity contribution in [2.75, 3.05) is 26.2 Å². The molecule has 1 aromatic rings. The van der Waals surface area contributed by atoms with E-state index < -0.39 is 0 Å². The highest BCUT2D eigenvalue weighted by atomic mass is 35.5. The third-order valence-electron chi connectivity index (χ3n) is 4.15. The van der Waals surface area contributed by atoms with Crippen LogP contribution in [-0.4, -0.2) is 54.0 Å². The summed E-state index contributed by atoms with van der Waals surface area (Å²) in [7, 11) is 0. The number of likely N-dealkylation sites (tertiary alicyclic amines) is 1. The van der Waals surface area contributed by atoms with Gasteiger partial charge in [0.15, 0.2) is 0 Å². The molecule has 7 heteroatoms. The number of halogens is 2. The number of carbonyl (C=O) groups excluding carboxylic acids is 2. The zero-order valence-corrected chi connectivity index (χ0v) is 14.1. The van der Waals surface area contributed by atoms with E-state index in [1.165, 1.54) is 4.90 Å². The molecular formula is C16H18Cl2N2O3. The topological polar surface area (TPSA) is 49.9 Å². The van der Waals surface area contributed by atoms with Gasteiger partial charge in [0, 0.05) is 32.5 Å². The van der Waals surface area contributed by atoms with Crippen LogP contribution in [0.4, 0.5) is 0 Å². The number of morpholine rings is 1. The maximum atomic E-state index is 11.7. The van der Waals surface area contributed by atoms with Crippen LogP contribution >= 0.6 is 23.2 Å². The molecule has 0 aromatic heterocycles. The predicted octanol–water partition coefficient (Wildman–Crippen LogP) is 2.34. The quantitative estimate of drug-likeness (QED) is 0.777. The molecule has 0 radical (unpaired) electrons. The van der Waals surface area contributed by atoms with E-state index in [-0.39, 0.29) is 17.9 Å². The number of ether oxygens (including phenoxy) is 1. The summed E-state index contributed by atoms with van der Waals surface area (Å²) in [5, 5.41) is 1.09. The van der Waals surface area contributed by atoms with Gasteiger partial charge in [-0.2, -0.15) is 0 Å². The summed E-state index contributed by atoms with van der Waals surface area (Å²) in [6.45, 7) is 3.15. The summed E-state index contributed by atoms with van der Waals surface area (Å²) >= 11 is 12.0. The number of rotatable bonds is 4. The van der Waals surface area contributed by atoms with Crippen LogP contribution in [-0.2, 0) is 20.9 Å². The maximum absolute atomic E-state index is 11.7. The Morgan fingerprint density at radius 1 is 1.13 bits per heavy atom. The van der Waals surface area contributed by atoms with E-state index in [0.717, 1.165) is 18.7 Å². The molecule has 0 bridgehead atoms. The summed E-state index contributed by atoms with van der Waals surface area (Å²) in [5.74, 6) is -0.194. The Labute approximate surface area is 145 Å². The molecule has 2 aliphatic heterocycles. The first-order chi connectivity index (χ1) is 11.0. The SMILES string of the molecule is O=C1CCC(=O)N1C[C@H]1CN(Cc2ccc(Cl)c(Cl)c2)CCO1. The smallest absolute Gasteiger partial charge is 0.229 e. The van der Waals surface area contributed by atoms with Crippen LogP contribution in [0.25, 0.3) is 0 Å². The number of nitrogens with zero attached hydrogens (tertiary/aromatic N) is 2. The Morgan fingerprint density at radius 2 is 1.87 bits per heavy atom. The standard InChI is InChI=1S/C16H18Cl2N2O3/c17-13-2-1-11(7-14(13)18)8-19-5-6-23-12(9-19)10-20-15(21)3-4-16(20)22/h1-2,7,12H,3-6,8-10H2/t12-/m1/s1. The van der Waals surface area contributed by atoms with Crippen molar-refractivity contribution in [2.24, 2.45) is 0 Å². The molecular weight excluding hydrogens is 339 g/mol. The molecule has 1 aromatic carbocycles. The monoisotopic (exact) mass is 356 g/mol. The van der Waals surface area contributed by atoms with Gasteiger partial charge in [0.1, 0.15) is 0 Å². The molecule has 0 spiro atoms. The number of imide groups is 1. The lowest BCUT2D eigenvalue weighted by atomic mass is 10.2. The summed E-state index contributed by atoms with van der Waals surface area (Å²) in [5.41, 5.74) is 1.08. The van der Waals surface area contributed by atoms with Crippen molar-refractivity contribution in [1.29, 1.82) is 0 Å². The highest BCUT2D eigenvalue weighted by Crippen LogP contribution is 2.24. The summed E-state index contributed by atoms with van der Waals surface area (Å²) in [4.78, 5) is 27.0. The molecule has 0 N–H and O–H groups in total. The van der Waals surface area contributed by atoms with Crippen LogP contribution in [0.2, 0.25) is 10.0 Å². The molecule has 3 rings (SSSR count). The Kier molecular flexibility index (Phi) is 5.21. The van der Waals surface area contributed by atoms with E-state index in [2.05, 4.69) is 4.90 Å². The van der Waals surface area contributed by atoms with Gasteiger partial charge in [-0.15, -0.1) is 0 Å². The minimum atomic E-state index is -0.141. The lowest BCUT2D eigenvalue weighted by molar-refractivity contribution is -0.142. The van der Waals surface area contributed by atoms with Gasteiger partial charge in [-0.05, 0) is 17.7 Å². The second kappa shape index (κ2) is 7.18. The molecule has 2 heterocycles. The van der Waals surface area contributed by atoms with Gasteiger partial charge in [0.05, 0.1) is 29.3 Å². The van der Waals surface area contributed by atoms with Crippen molar-refractivity contribution in [3.8, 4) is 0 Å². The van der Waals surface area contributed by atoms with Crippen LogP contribution in [0.15, 0.2) is 18.2 Å². The minimum absolute atomic E-state index is 0.0970. The maximum Gasteiger partial charge on any atom is 0.229 e. The fourth-order valence-corrected chi connectivity index (χ4v) is 3.28. The average Bonchev–Trinajstić information content (AvgIpc) is 2.83. The largest absolute Gasteiger partial charge is 0.374 e. The normalized spacial score (nSPS) is 22.9. The molecule has 23 heavy (non-hydrogen) atoms. The fourth-order valence-electron chi connectivity index (χ4n) is 2.96. The van der Waals surface area contributed by atoms with E-state index in [9.17, 15) is 9.59 Å². The molecule has 2 fully saturated rings. The van der Waals surface area contributed by atoms with Gasteiger partial charge < -0.3 is 4.74 Å². The van der Waals surface area contributed by atoms with Crippen molar-refractivity contribution in [3.63, 3.8) is 0 Å². The first-order valence-electron chi connectivity index (χ1n) is 7.64. The molecule has 1 atom stereocenters. The van der Waals surface area contributed by atoms with Crippen LogP contribution in [0.3, 0.4) is 0 Å². The van der Waals surface area contributed by atoms with Crippen molar-refractivity contribution in [1.82, 2.24) is 9.80 Å². The van der Waals surface area contributed by atoms with Crippen molar-refractivity contribution in [2.45, 2.75) is 25.5 Å². The van der Waals surface area contributed by atoms with E-state index in [1.54, 1.807) is 6.07 Å². The highest BCUT2D eigenvalue weighted by molar-refractivity contribution is 6.42. The van der Waals surface area contributed by atoms with E-state index in [4.69, 9.17) is 27.9 Å². The Bertz CT molecular complexity index is 607. The summed E-state index contributed by atoms with van der Waals surface area (Å²) in [6, 6.07) is 5.60. The Morgan fingerprint density at radius 3 is 2.57 bits per heavy atom. The number of carbonyl (C=O) groups is 2. The molecule has 2 aliphatic rings. The molecule has 0 saturated carbocycles. The summed E-state index contributed by atoms with van der Waals surface area (Å²) < 4.78 is 5.71. The van der Waals surface area contributed by atoms with Crippen molar-refractivity contribution < 1.29 is 14.3 Å². The van der Waals surface area contributed by atoms with Crippen LogP contribution < -0.4 is 0 Å². The lowest BCUT2D eigenvalue weighted by Crippen LogP contribution is -2.48. The third-order valence-corrected chi connectivity index (χ3v) is 4.89. The lowest BCUT2D eigenvalue weighted by Gasteiger charge is -2.34. The van der Waals surface area contributed by atoms with Gasteiger partial charge in [0.25, 0.3) is 0 Å². The molecule has 5 nitrogen and oxygen atoms in total. The number of benzene rings is 1. The molecule has 124 valence electrons. The first-order valence-corrected chi connectivity index (χ1v) is 8.39. The number of hydrogen-bond acceptors (Lipinski definition) is 4. The summed E-state index contributed by atoms with van der Waals surface area (Å²) in [6.07, 6.45) is 0.495. The highest BCUT2D eigenvalue weighted by Gasteiger charge is 2.32. The number of hydrogen-bond donors (Lipinski definition) is 0.